The van der Waals surface area contributed by atoms with Gasteiger partial charge in [-0.15, -0.1) is 0 Å². The first-order valence-electron chi connectivity index (χ1n) is 10.2. The van der Waals surface area contributed by atoms with Crippen LogP contribution in [-0.2, 0) is 17.5 Å². The fourth-order valence-electron chi connectivity index (χ4n) is 3.02. The normalized spacial score (nSPS) is 11.4. The van der Waals surface area contributed by atoms with Gasteiger partial charge >= 0.3 is 6.18 Å². The van der Waals surface area contributed by atoms with E-state index in [-0.39, 0.29) is 29.5 Å². The third-order valence-electron chi connectivity index (χ3n) is 4.83. The standard InChI is InChI=1S/C22H28F4N4O/c23-20-17(29-14-15-7-9-16(10-8-15)22(24,25)26)11-12-18(21(20)28)30-19(31)6-4-2-1-3-5-13-27/h7-12,29H,1-6,13-14,27-28H2,(H,30,31). The van der Waals surface area contributed by atoms with Gasteiger partial charge in [0.2, 0.25) is 5.91 Å². The van der Waals surface area contributed by atoms with Crippen molar-refractivity contribution in [1.29, 1.82) is 0 Å². The molecule has 0 radical (unpaired) electrons. The molecule has 1 amide bonds. The Morgan fingerprint density at radius 3 is 2.16 bits per heavy atom. The maximum Gasteiger partial charge on any atom is 0.416 e. The summed E-state index contributed by atoms with van der Waals surface area (Å²) in [6, 6.07) is 7.51. The zero-order valence-electron chi connectivity index (χ0n) is 17.2. The number of rotatable bonds is 11. The number of carbonyl (C=O) groups excluding carboxylic acids is 1. The van der Waals surface area contributed by atoms with E-state index in [9.17, 15) is 22.4 Å². The van der Waals surface area contributed by atoms with Gasteiger partial charge in [-0.25, -0.2) is 4.39 Å². The highest BCUT2D eigenvalue weighted by Gasteiger charge is 2.29. The van der Waals surface area contributed by atoms with E-state index in [0.29, 0.717) is 18.5 Å². The number of nitrogens with two attached hydrogens (primary N) is 2. The van der Waals surface area contributed by atoms with E-state index in [2.05, 4.69) is 10.6 Å². The summed E-state index contributed by atoms with van der Waals surface area (Å²) < 4.78 is 52.4. The van der Waals surface area contributed by atoms with Gasteiger partial charge in [0.05, 0.1) is 22.6 Å². The minimum Gasteiger partial charge on any atom is -0.395 e. The molecule has 0 aliphatic rings. The van der Waals surface area contributed by atoms with Gasteiger partial charge in [0.25, 0.3) is 0 Å². The molecule has 0 bridgehead atoms. The predicted octanol–water partition coefficient (Wildman–Crippen LogP) is 5.28. The molecule has 170 valence electrons. The van der Waals surface area contributed by atoms with E-state index in [0.717, 1.165) is 44.2 Å². The van der Waals surface area contributed by atoms with Gasteiger partial charge in [-0.1, -0.05) is 31.4 Å². The largest absolute Gasteiger partial charge is 0.416 e. The van der Waals surface area contributed by atoms with Crippen LogP contribution in [0.5, 0.6) is 0 Å². The summed E-state index contributed by atoms with van der Waals surface area (Å²) in [5.74, 6) is -0.970. The fourth-order valence-corrected chi connectivity index (χ4v) is 3.02. The van der Waals surface area contributed by atoms with E-state index in [1.54, 1.807) is 0 Å². The minimum absolute atomic E-state index is 0.0929. The number of nitrogens with one attached hydrogen (secondary N) is 2. The third-order valence-corrected chi connectivity index (χ3v) is 4.83. The summed E-state index contributed by atoms with van der Waals surface area (Å²) in [4.78, 5) is 12.1. The van der Waals surface area contributed by atoms with Crippen molar-refractivity contribution in [2.75, 3.05) is 22.9 Å². The number of unbranched alkanes of at least 4 members (excludes halogenated alkanes) is 4. The van der Waals surface area contributed by atoms with Crippen LogP contribution in [0.2, 0.25) is 0 Å². The molecule has 9 heteroatoms. The molecule has 0 aromatic heterocycles. The average molecular weight is 440 g/mol. The molecule has 31 heavy (non-hydrogen) atoms. The van der Waals surface area contributed by atoms with Crippen LogP contribution in [0.25, 0.3) is 0 Å². The van der Waals surface area contributed by atoms with Gasteiger partial charge < -0.3 is 22.1 Å². The number of halogens is 4. The van der Waals surface area contributed by atoms with Crippen molar-refractivity contribution >= 4 is 23.0 Å². The smallest absolute Gasteiger partial charge is 0.395 e. The maximum atomic E-state index is 14.6. The Morgan fingerprint density at radius 1 is 0.903 bits per heavy atom. The lowest BCUT2D eigenvalue weighted by molar-refractivity contribution is -0.137. The van der Waals surface area contributed by atoms with Crippen LogP contribution < -0.4 is 22.1 Å². The lowest BCUT2D eigenvalue weighted by atomic mass is 10.1. The first-order chi connectivity index (χ1) is 14.7. The molecule has 0 heterocycles. The summed E-state index contributed by atoms with van der Waals surface area (Å²) in [7, 11) is 0. The second-order valence-corrected chi connectivity index (χ2v) is 7.29. The Morgan fingerprint density at radius 2 is 1.52 bits per heavy atom. The van der Waals surface area contributed by atoms with E-state index in [4.69, 9.17) is 11.5 Å². The van der Waals surface area contributed by atoms with Crippen molar-refractivity contribution in [2.24, 2.45) is 5.73 Å². The highest BCUT2D eigenvalue weighted by Crippen LogP contribution is 2.30. The highest BCUT2D eigenvalue weighted by molar-refractivity contribution is 5.94. The molecule has 0 saturated carbocycles. The molecule has 0 spiro atoms. The van der Waals surface area contributed by atoms with Crippen molar-refractivity contribution in [3.63, 3.8) is 0 Å². The predicted molar refractivity (Wildman–Crippen MR) is 115 cm³/mol. The van der Waals surface area contributed by atoms with Crippen LogP contribution in [0.1, 0.15) is 49.7 Å². The number of hydrogen-bond acceptors (Lipinski definition) is 4. The Labute approximate surface area is 179 Å². The average Bonchev–Trinajstić information content (AvgIpc) is 2.73. The maximum absolute atomic E-state index is 14.6. The number of amides is 1. The quantitative estimate of drug-likeness (QED) is 0.217. The molecule has 2 rings (SSSR count). The van der Waals surface area contributed by atoms with E-state index < -0.39 is 17.6 Å². The Hall–Kier alpha value is -2.81. The zero-order chi connectivity index (χ0) is 22.9. The van der Waals surface area contributed by atoms with Gasteiger partial charge in [-0.3, -0.25) is 4.79 Å². The summed E-state index contributed by atoms with van der Waals surface area (Å²) in [5, 5.41) is 5.43. The van der Waals surface area contributed by atoms with Crippen molar-refractivity contribution in [1.82, 2.24) is 0 Å². The molecular weight excluding hydrogens is 412 g/mol. The molecule has 6 N–H and O–H groups in total. The van der Waals surface area contributed by atoms with Gasteiger partial charge in [-0.05, 0) is 49.2 Å². The molecule has 0 aliphatic heterocycles. The van der Waals surface area contributed by atoms with Crippen LogP contribution in [0, 0.1) is 5.82 Å². The topological polar surface area (TPSA) is 93.2 Å². The van der Waals surface area contributed by atoms with Gasteiger partial charge in [0.1, 0.15) is 0 Å². The van der Waals surface area contributed by atoms with E-state index in [1.807, 2.05) is 0 Å². The van der Waals surface area contributed by atoms with E-state index in [1.165, 1.54) is 24.3 Å². The minimum atomic E-state index is -4.41. The molecule has 5 nitrogen and oxygen atoms in total. The highest BCUT2D eigenvalue weighted by atomic mass is 19.4. The lowest BCUT2D eigenvalue weighted by Gasteiger charge is -2.14. The summed E-state index contributed by atoms with van der Waals surface area (Å²) in [5.41, 5.74) is 11.1. The number of nitrogen functional groups attached to an aromatic ring is 1. The molecular formula is C22H28F4N4O. The number of hydrogen-bond donors (Lipinski definition) is 4. The molecule has 0 aliphatic carbocycles. The lowest BCUT2D eigenvalue weighted by Crippen LogP contribution is -2.14. The van der Waals surface area contributed by atoms with Crippen LogP contribution in [0.4, 0.5) is 34.6 Å². The van der Waals surface area contributed by atoms with Crippen molar-refractivity contribution in [2.45, 2.75) is 51.2 Å². The van der Waals surface area contributed by atoms with Crippen molar-refractivity contribution in [3.05, 3.63) is 53.3 Å². The van der Waals surface area contributed by atoms with Crippen molar-refractivity contribution in [3.8, 4) is 0 Å². The SMILES string of the molecule is NCCCCCCCC(=O)Nc1ccc(NCc2ccc(C(F)(F)F)cc2)c(F)c1N. The molecule has 2 aromatic carbocycles. The van der Waals surface area contributed by atoms with Gasteiger partial charge in [-0.2, -0.15) is 13.2 Å². The van der Waals surface area contributed by atoms with Gasteiger partial charge in [0.15, 0.2) is 5.82 Å². The van der Waals surface area contributed by atoms with Crippen LogP contribution in [-0.4, -0.2) is 12.5 Å². The second kappa shape index (κ2) is 11.5. The number of alkyl halides is 3. The molecule has 2 aromatic rings. The summed E-state index contributed by atoms with van der Waals surface area (Å²) in [6.45, 7) is 0.783. The monoisotopic (exact) mass is 440 g/mol. The second-order valence-electron chi connectivity index (χ2n) is 7.29. The van der Waals surface area contributed by atoms with Gasteiger partial charge in [0, 0.05) is 13.0 Å². The first-order valence-corrected chi connectivity index (χ1v) is 10.2. The zero-order valence-corrected chi connectivity index (χ0v) is 17.2. The van der Waals surface area contributed by atoms with Crippen LogP contribution >= 0.6 is 0 Å². The van der Waals surface area contributed by atoms with E-state index >= 15 is 0 Å². The number of benzene rings is 2. The van der Waals surface area contributed by atoms with Crippen LogP contribution in [0.3, 0.4) is 0 Å². The Bertz CT molecular complexity index is 854. The Kier molecular flexibility index (Phi) is 9.11. The summed E-state index contributed by atoms with van der Waals surface area (Å²) in [6.07, 6.45) is 0.587. The van der Waals surface area contributed by atoms with Crippen molar-refractivity contribution < 1.29 is 22.4 Å². The molecule has 0 unspecified atom stereocenters. The van der Waals surface area contributed by atoms with Crippen LogP contribution in [0.15, 0.2) is 36.4 Å². The first kappa shape index (κ1) is 24.5. The fraction of sp³-hybridized carbons (Fsp3) is 0.409. The molecule has 0 saturated heterocycles. The summed E-state index contributed by atoms with van der Waals surface area (Å²) >= 11 is 0. The number of carbonyl (C=O) groups is 1. The number of anilines is 3. The molecule has 0 fully saturated rings. The molecule has 0 atom stereocenters. The third kappa shape index (κ3) is 7.75. The Balaban J connectivity index is 1.88.